The molecule has 7 heteroatoms. The molecule has 0 bridgehead atoms. The highest BCUT2D eigenvalue weighted by Gasteiger charge is 2.32. The van der Waals surface area contributed by atoms with Crippen LogP contribution < -0.4 is 10.1 Å². The average molecular weight is 463 g/mol. The van der Waals surface area contributed by atoms with Gasteiger partial charge in [0, 0.05) is 17.0 Å². The SMILES string of the molecule is CCCCSc1nc2n(n1)C(c1ccc(OCc3ccccc3C)cc1)C(C(C)=O)=C(C)N2. The molecule has 1 atom stereocenters. The Balaban J connectivity index is 1.59. The average Bonchev–Trinajstić information content (AvgIpc) is 3.20. The minimum atomic E-state index is -0.322. The number of ketones is 1. The number of anilines is 1. The van der Waals surface area contributed by atoms with Gasteiger partial charge >= 0.3 is 0 Å². The summed E-state index contributed by atoms with van der Waals surface area (Å²) in [5.74, 6) is 2.45. The normalized spacial score (nSPS) is 15.2. The van der Waals surface area contributed by atoms with Crippen LogP contribution in [0.25, 0.3) is 0 Å². The molecule has 2 aromatic carbocycles. The van der Waals surface area contributed by atoms with Gasteiger partial charge in [-0.15, -0.1) is 5.10 Å². The highest BCUT2D eigenvalue weighted by Crippen LogP contribution is 2.37. The van der Waals surface area contributed by atoms with Gasteiger partial charge in [0.2, 0.25) is 11.1 Å². The summed E-state index contributed by atoms with van der Waals surface area (Å²) in [6, 6.07) is 15.8. The number of carbonyl (C=O) groups is 1. The summed E-state index contributed by atoms with van der Waals surface area (Å²) < 4.78 is 7.84. The Labute approximate surface area is 199 Å². The molecule has 33 heavy (non-hydrogen) atoms. The van der Waals surface area contributed by atoms with Gasteiger partial charge in [-0.3, -0.25) is 4.79 Å². The molecular formula is C26H30N4O2S. The van der Waals surface area contributed by atoms with Crippen LogP contribution in [0.2, 0.25) is 0 Å². The van der Waals surface area contributed by atoms with Crippen molar-refractivity contribution in [3.63, 3.8) is 0 Å². The molecule has 1 aliphatic rings. The maximum absolute atomic E-state index is 12.6. The number of hydrogen-bond donors (Lipinski definition) is 1. The molecular weight excluding hydrogens is 432 g/mol. The van der Waals surface area contributed by atoms with E-state index in [0.717, 1.165) is 46.3 Å². The number of aryl methyl sites for hydroxylation is 1. The summed E-state index contributed by atoms with van der Waals surface area (Å²) >= 11 is 1.65. The van der Waals surface area contributed by atoms with Crippen LogP contribution in [-0.2, 0) is 11.4 Å². The van der Waals surface area contributed by atoms with Crippen molar-refractivity contribution in [3.05, 3.63) is 76.5 Å². The number of allylic oxidation sites excluding steroid dienone is 2. The number of unbranched alkanes of at least 4 members (excludes halogenated alkanes) is 1. The standard InChI is InChI=1S/C26H30N4O2S/c1-5-6-15-33-26-28-25-27-18(3)23(19(4)31)24(30(25)29-26)20-11-13-22(14-12-20)32-16-21-10-8-7-9-17(21)2/h7-14,24H,5-6,15-16H2,1-4H3,(H,27,28,29). The number of hydrogen-bond acceptors (Lipinski definition) is 6. The molecule has 1 aliphatic heterocycles. The van der Waals surface area contributed by atoms with Gasteiger partial charge in [-0.1, -0.05) is 61.5 Å². The summed E-state index contributed by atoms with van der Waals surface area (Å²) in [6.45, 7) is 8.30. The monoisotopic (exact) mass is 462 g/mol. The summed E-state index contributed by atoms with van der Waals surface area (Å²) in [5, 5.41) is 8.74. The first kappa shape index (κ1) is 23.1. The van der Waals surface area contributed by atoms with Gasteiger partial charge in [0.1, 0.15) is 18.4 Å². The predicted octanol–water partition coefficient (Wildman–Crippen LogP) is 5.94. The second kappa shape index (κ2) is 10.3. The zero-order chi connectivity index (χ0) is 23.4. The summed E-state index contributed by atoms with van der Waals surface area (Å²) in [4.78, 5) is 17.3. The summed E-state index contributed by atoms with van der Waals surface area (Å²) in [7, 11) is 0. The molecule has 4 rings (SSSR count). The van der Waals surface area contributed by atoms with E-state index in [-0.39, 0.29) is 11.8 Å². The third kappa shape index (κ3) is 5.14. The lowest BCUT2D eigenvalue weighted by molar-refractivity contribution is -0.114. The van der Waals surface area contributed by atoms with E-state index in [2.05, 4.69) is 36.3 Å². The van der Waals surface area contributed by atoms with Crippen molar-refractivity contribution in [2.24, 2.45) is 0 Å². The Morgan fingerprint density at radius 3 is 2.61 bits per heavy atom. The molecule has 172 valence electrons. The fraction of sp³-hybridized carbons (Fsp3) is 0.346. The van der Waals surface area contributed by atoms with Crippen molar-refractivity contribution in [3.8, 4) is 5.75 Å². The summed E-state index contributed by atoms with van der Waals surface area (Å²) in [5.41, 5.74) is 4.86. The van der Waals surface area contributed by atoms with Gasteiger partial charge in [0.15, 0.2) is 5.78 Å². The van der Waals surface area contributed by atoms with Crippen LogP contribution >= 0.6 is 11.8 Å². The second-order valence-corrected chi connectivity index (χ2v) is 9.33. The van der Waals surface area contributed by atoms with Crippen LogP contribution in [0.15, 0.2) is 65.0 Å². The third-order valence-corrected chi connectivity index (χ3v) is 6.72. The molecule has 0 fully saturated rings. The number of carbonyl (C=O) groups excluding carboxylic acids is 1. The molecule has 6 nitrogen and oxygen atoms in total. The highest BCUT2D eigenvalue weighted by molar-refractivity contribution is 7.99. The lowest BCUT2D eigenvalue weighted by Gasteiger charge is -2.28. The van der Waals surface area contributed by atoms with Gasteiger partial charge in [0.25, 0.3) is 0 Å². The topological polar surface area (TPSA) is 69.0 Å². The van der Waals surface area contributed by atoms with Gasteiger partial charge < -0.3 is 10.1 Å². The molecule has 3 aromatic rings. The first-order valence-corrected chi connectivity index (χ1v) is 12.3. The van der Waals surface area contributed by atoms with Gasteiger partial charge in [0.05, 0.1) is 0 Å². The van der Waals surface area contributed by atoms with Crippen molar-refractivity contribution >= 4 is 23.5 Å². The van der Waals surface area contributed by atoms with Crippen LogP contribution in [-0.4, -0.2) is 26.3 Å². The molecule has 0 saturated heterocycles. The van der Waals surface area contributed by atoms with E-state index in [1.54, 1.807) is 18.7 Å². The van der Waals surface area contributed by atoms with Crippen LogP contribution in [0.1, 0.15) is 56.3 Å². The van der Waals surface area contributed by atoms with E-state index in [0.29, 0.717) is 18.1 Å². The van der Waals surface area contributed by atoms with Crippen molar-refractivity contribution in [2.75, 3.05) is 11.1 Å². The smallest absolute Gasteiger partial charge is 0.227 e. The van der Waals surface area contributed by atoms with Crippen molar-refractivity contribution < 1.29 is 9.53 Å². The second-order valence-electron chi connectivity index (χ2n) is 8.27. The van der Waals surface area contributed by atoms with E-state index >= 15 is 0 Å². The minimum absolute atomic E-state index is 0.0196. The lowest BCUT2D eigenvalue weighted by Crippen LogP contribution is -2.27. The fourth-order valence-corrected chi connectivity index (χ4v) is 4.86. The minimum Gasteiger partial charge on any atom is -0.489 e. The Hall–Kier alpha value is -3.06. The quantitative estimate of drug-likeness (QED) is 0.314. The summed E-state index contributed by atoms with van der Waals surface area (Å²) in [6.07, 6.45) is 2.25. The molecule has 0 amide bonds. The van der Waals surface area contributed by atoms with Crippen LogP contribution in [0, 0.1) is 6.92 Å². The zero-order valence-corrected chi connectivity index (χ0v) is 20.4. The van der Waals surface area contributed by atoms with Gasteiger partial charge in [-0.2, -0.15) is 4.98 Å². The molecule has 0 radical (unpaired) electrons. The van der Waals surface area contributed by atoms with Crippen molar-refractivity contribution in [1.29, 1.82) is 0 Å². The van der Waals surface area contributed by atoms with E-state index in [9.17, 15) is 4.79 Å². The number of ether oxygens (including phenoxy) is 1. The van der Waals surface area contributed by atoms with Crippen molar-refractivity contribution in [1.82, 2.24) is 14.8 Å². The molecule has 0 aliphatic carbocycles. The zero-order valence-electron chi connectivity index (χ0n) is 19.6. The number of fused-ring (bicyclic) bond motifs is 1. The Bertz CT molecular complexity index is 1170. The Kier molecular flexibility index (Phi) is 7.18. The van der Waals surface area contributed by atoms with Crippen molar-refractivity contribution in [2.45, 2.75) is 58.3 Å². The van der Waals surface area contributed by atoms with Crippen LogP contribution in [0.3, 0.4) is 0 Å². The first-order valence-electron chi connectivity index (χ1n) is 11.3. The van der Waals surface area contributed by atoms with Crippen LogP contribution in [0.5, 0.6) is 5.75 Å². The molecule has 1 N–H and O–H groups in total. The maximum atomic E-state index is 12.6. The van der Waals surface area contributed by atoms with Gasteiger partial charge in [-0.25, -0.2) is 4.68 Å². The van der Waals surface area contributed by atoms with E-state index in [1.165, 1.54) is 5.56 Å². The predicted molar refractivity (Wildman–Crippen MR) is 133 cm³/mol. The highest BCUT2D eigenvalue weighted by atomic mass is 32.2. The number of nitrogens with one attached hydrogen (secondary N) is 1. The largest absolute Gasteiger partial charge is 0.489 e. The number of aromatic nitrogens is 3. The number of Topliss-reactive ketones (excluding diaryl/α,β-unsaturated/α-hetero) is 1. The third-order valence-electron chi connectivity index (χ3n) is 5.79. The number of rotatable bonds is 9. The molecule has 2 heterocycles. The van der Waals surface area contributed by atoms with E-state index in [4.69, 9.17) is 9.84 Å². The van der Waals surface area contributed by atoms with Crippen LogP contribution in [0.4, 0.5) is 5.95 Å². The van der Waals surface area contributed by atoms with E-state index in [1.807, 2.05) is 48.0 Å². The first-order chi connectivity index (χ1) is 16.0. The van der Waals surface area contributed by atoms with E-state index < -0.39 is 0 Å². The number of benzene rings is 2. The Morgan fingerprint density at radius 1 is 1.15 bits per heavy atom. The lowest BCUT2D eigenvalue weighted by atomic mass is 9.93. The molecule has 0 saturated carbocycles. The number of thioether (sulfide) groups is 1. The molecule has 1 unspecified atom stereocenters. The maximum Gasteiger partial charge on any atom is 0.227 e. The van der Waals surface area contributed by atoms with Gasteiger partial charge in [-0.05, 0) is 56.0 Å². The number of nitrogens with zero attached hydrogens (tertiary/aromatic N) is 3. The fourth-order valence-electron chi connectivity index (χ4n) is 3.94. The molecule has 1 aromatic heterocycles. The molecule has 0 spiro atoms. The Morgan fingerprint density at radius 2 is 1.91 bits per heavy atom.